The minimum Gasteiger partial charge on any atom is -0.462 e. The maximum Gasteiger partial charge on any atom is 0.306 e. The monoisotopic (exact) mass is 889 g/mol. The highest BCUT2D eigenvalue weighted by molar-refractivity contribution is 5.71. The fraction of sp³-hybridized carbons (Fsp3) is 0.672. The van der Waals surface area contributed by atoms with Crippen LogP contribution >= 0.6 is 0 Å². The molecule has 6 nitrogen and oxygen atoms in total. The van der Waals surface area contributed by atoms with Crippen LogP contribution in [0.3, 0.4) is 0 Å². The van der Waals surface area contributed by atoms with E-state index in [2.05, 4.69) is 118 Å². The van der Waals surface area contributed by atoms with Gasteiger partial charge >= 0.3 is 17.9 Å². The van der Waals surface area contributed by atoms with Gasteiger partial charge in [0.1, 0.15) is 13.2 Å². The van der Waals surface area contributed by atoms with Crippen LogP contribution in [0.25, 0.3) is 0 Å². The summed E-state index contributed by atoms with van der Waals surface area (Å²) in [5.74, 6) is -0.997. The van der Waals surface area contributed by atoms with Crippen molar-refractivity contribution in [1.82, 2.24) is 0 Å². The van der Waals surface area contributed by atoms with E-state index in [-0.39, 0.29) is 37.5 Å². The normalized spacial score (nSPS) is 12.9. The first kappa shape index (κ1) is 60.3. The molecule has 0 spiro atoms. The highest BCUT2D eigenvalue weighted by Gasteiger charge is 2.19. The van der Waals surface area contributed by atoms with Crippen LogP contribution in [0.5, 0.6) is 0 Å². The molecule has 0 bridgehead atoms. The van der Waals surface area contributed by atoms with Crippen LogP contribution in [0.1, 0.15) is 233 Å². The highest BCUT2D eigenvalue weighted by Crippen LogP contribution is 2.12. The number of carbonyl (C=O) groups is 3. The minimum atomic E-state index is -0.813. The van der Waals surface area contributed by atoms with Crippen LogP contribution in [-0.2, 0) is 28.6 Å². The molecule has 0 fully saturated rings. The molecule has 0 aliphatic heterocycles. The molecule has 0 N–H and O–H groups in total. The molecule has 1 atom stereocenters. The summed E-state index contributed by atoms with van der Waals surface area (Å²) in [7, 11) is 0. The summed E-state index contributed by atoms with van der Waals surface area (Å²) >= 11 is 0. The van der Waals surface area contributed by atoms with Crippen LogP contribution in [0.4, 0.5) is 0 Å². The molecule has 0 saturated carbocycles. The molecule has 6 heteroatoms. The average Bonchev–Trinajstić information content (AvgIpc) is 3.29. The van der Waals surface area contributed by atoms with E-state index in [1.54, 1.807) is 0 Å². The Kier molecular flexibility index (Phi) is 49.0. The van der Waals surface area contributed by atoms with Gasteiger partial charge < -0.3 is 14.2 Å². The van der Waals surface area contributed by atoms with Crippen molar-refractivity contribution in [3.63, 3.8) is 0 Å². The molecule has 0 saturated heterocycles. The largest absolute Gasteiger partial charge is 0.462 e. The summed E-state index contributed by atoms with van der Waals surface area (Å²) in [6, 6.07) is 0. The Morgan fingerprint density at radius 1 is 0.312 bits per heavy atom. The lowest BCUT2D eigenvalue weighted by atomic mass is 10.1. The van der Waals surface area contributed by atoms with Crippen molar-refractivity contribution in [1.29, 1.82) is 0 Å². The van der Waals surface area contributed by atoms with E-state index in [4.69, 9.17) is 14.2 Å². The van der Waals surface area contributed by atoms with E-state index in [9.17, 15) is 14.4 Å². The van der Waals surface area contributed by atoms with Gasteiger partial charge in [-0.15, -0.1) is 0 Å². The Morgan fingerprint density at radius 3 is 0.984 bits per heavy atom. The van der Waals surface area contributed by atoms with E-state index in [0.29, 0.717) is 19.3 Å². The smallest absolute Gasteiger partial charge is 0.306 e. The van der Waals surface area contributed by atoms with Gasteiger partial charge in [0.15, 0.2) is 6.10 Å². The van der Waals surface area contributed by atoms with Crippen molar-refractivity contribution >= 4 is 17.9 Å². The third-order valence-corrected chi connectivity index (χ3v) is 10.8. The van der Waals surface area contributed by atoms with Crippen molar-refractivity contribution < 1.29 is 28.6 Å². The standard InChI is InChI=1S/C58H96O6/c1-4-7-10-13-16-19-22-25-28-29-31-33-36-39-42-45-48-51-57(60)63-54-55(53-62-56(59)50-47-44-41-38-35-32-27-24-21-18-15-12-9-6-3)64-58(61)52-49-46-43-40-37-34-30-26-23-20-17-14-11-8-5-2/h15-20,24-28,30-31,33,39,42,55H,4-14,21-23,29,32,34-38,40-41,43-54H2,1-3H3/b18-15-,19-16-,20-17-,27-24-,28-25-,30-26-,33-31-,42-39-/t55-/m1/s1. The van der Waals surface area contributed by atoms with Gasteiger partial charge in [0, 0.05) is 19.3 Å². The lowest BCUT2D eigenvalue weighted by molar-refractivity contribution is -0.167. The summed E-state index contributed by atoms with van der Waals surface area (Å²) in [5, 5.41) is 0. The fourth-order valence-electron chi connectivity index (χ4n) is 6.77. The average molecular weight is 889 g/mol. The second-order valence-electron chi connectivity index (χ2n) is 17.1. The summed E-state index contributed by atoms with van der Waals surface area (Å²) in [6.45, 7) is 6.46. The number of carbonyl (C=O) groups excluding carboxylic acids is 3. The molecule has 64 heavy (non-hydrogen) atoms. The molecular weight excluding hydrogens is 793 g/mol. The predicted octanol–water partition coefficient (Wildman–Crippen LogP) is 17.4. The number of rotatable bonds is 46. The van der Waals surface area contributed by atoms with Gasteiger partial charge in [0.2, 0.25) is 0 Å². The van der Waals surface area contributed by atoms with Crippen LogP contribution in [0.15, 0.2) is 97.2 Å². The lowest BCUT2D eigenvalue weighted by Crippen LogP contribution is -2.30. The lowest BCUT2D eigenvalue weighted by Gasteiger charge is -2.18. The van der Waals surface area contributed by atoms with Gasteiger partial charge in [-0.25, -0.2) is 0 Å². The third-order valence-electron chi connectivity index (χ3n) is 10.8. The Hall–Kier alpha value is -3.67. The van der Waals surface area contributed by atoms with Gasteiger partial charge in [0.05, 0.1) is 0 Å². The SMILES string of the molecule is CCCC/C=C\C/C=C\CCCCCCCC(=O)OC[C@H](COC(=O)CCC/C=C\C/C=C\C/C=C\C/C=C\CCCCC)OC(=O)CCCCCCC/C=C\C/C=C\CCCCC. The Labute approximate surface area is 394 Å². The maximum atomic E-state index is 12.8. The summed E-state index contributed by atoms with van der Waals surface area (Å²) in [5.41, 5.74) is 0. The van der Waals surface area contributed by atoms with Crippen LogP contribution in [0, 0.1) is 0 Å². The number of esters is 3. The Balaban J connectivity index is 4.53. The summed E-state index contributed by atoms with van der Waals surface area (Å²) < 4.78 is 16.7. The molecule has 0 aliphatic rings. The van der Waals surface area contributed by atoms with Gasteiger partial charge in [-0.1, -0.05) is 195 Å². The molecule has 0 rings (SSSR count). The van der Waals surface area contributed by atoms with Crippen LogP contribution in [0.2, 0.25) is 0 Å². The van der Waals surface area contributed by atoms with Crippen molar-refractivity contribution in [3.8, 4) is 0 Å². The van der Waals surface area contributed by atoms with Crippen LogP contribution in [-0.4, -0.2) is 37.2 Å². The highest BCUT2D eigenvalue weighted by atomic mass is 16.6. The molecule has 364 valence electrons. The first-order chi connectivity index (χ1) is 31.5. The third kappa shape index (κ3) is 49.3. The topological polar surface area (TPSA) is 78.9 Å². The maximum absolute atomic E-state index is 12.8. The van der Waals surface area contributed by atoms with E-state index in [1.807, 2.05) is 0 Å². The predicted molar refractivity (Wildman–Crippen MR) is 274 cm³/mol. The van der Waals surface area contributed by atoms with Gasteiger partial charge in [-0.05, 0) is 116 Å². The minimum absolute atomic E-state index is 0.109. The zero-order chi connectivity index (χ0) is 46.5. The van der Waals surface area contributed by atoms with Gasteiger partial charge in [0.25, 0.3) is 0 Å². The second kappa shape index (κ2) is 52.0. The van der Waals surface area contributed by atoms with Gasteiger partial charge in [-0.3, -0.25) is 14.4 Å². The van der Waals surface area contributed by atoms with Crippen molar-refractivity contribution in [2.75, 3.05) is 13.2 Å². The Morgan fingerprint density at radius 2 is 0.594 bits per heavy atom. The number of allylic oxidation sites excluding steroid dienone is 16. The van der Waals surface area contributed by atoms with E-state index in [0.717, 1.165) is 116 Å². The number of unbranched alkanes of at least 4 members (excludes halogenated alkanes) is 19. The molecule has 0 aromatic heterocycles. The Bertz CT molecular complexity index is 1300. The van der Waals surface area contributed by atoms with E-state index < -0.39 is 6.10 Å². The zero-order valence-corrected chi connectivity index (χ0v) is 41.5. The van der Waals surface area contributed by atoms with Gasteiger partial charge in [-0.2, -0.15) is 0 Å². The fourth-order valence-corrected chi connectivity index (χ4v) is 6.77. The summed E-state index contributed by atoms with van der Waals surface area (Å²) in [6.07, 6.45) is 68.2. The zero-order valence-electron chi connectivity index (χ0n) is 41.5. The summed E-state index contributed by atoms with van der Waals surface area (Å²) in [4.78, 5) is 38.0. The van der Waals surface area contributed by atoms with Crippen molar-refractivity contribution in [3.05, 3.63) is 97.2 Å². The van der Waals surface area contributed by atoms with Crippen LogP contribution < -0.4 is 0 Å². The van der Waals surface area contributed by atoms with E-state index in [1.165, 1.54) is 70.6 Å². The molecule has 0 aromatic rings. The van der Waals surface area contributed by atoms with E-state index >= 15 is 0 Å². The molecular formula is C58H96O6. The number of ether oxygens (including phenoxy) is 3. The molecule has 0 heterocycles. The first-order valence-corrected chi connectivity index (χ1v) is 26.2. The molecule has 0 aromatic carbocycles. The quantitative estimate of drug-likeness (QED) is 0.0262. The molecule has 0 amide bonds. The molecule has 0 radical (unpaired) electrons. The van der Waals surface area contributed by atoms with Crippen molar-refractivity contribution in [2.24, 2.45) is 0 Å². The van der Waals surface area contributed by atoms with Crippen molar-refractivity contribution in [2.45, 2.75) is 239 Å². The molecule has 0 unspecified atom stereocenters. The second-order valence-corrected chi connectivity index (χ2v) is 17.1. The molecule has 0 aliphatic carbocycles. The number of hydrogen-bond acceptors (Lipinski definition) is 6. The first-order valence-electron chi connectivity index (χ1n) is 26.2. The number of hydrogen-bond donors (Lipinski definition) is 0.